The molecule has 0 radical (unpaired) electrons. The van der Waals surface area contributed by atoms with Crippen LogP contribution in [0.1, 0.15) is 18.4 Å². The van der Waals surface area contributed by atoms with Gasteiger partial charge in [0.1, 0.15) is 5.75 Å². The third kappa shape index (κ3) is 2.89. The number of ether oxygens (including phenoxy) is 1. The topological polar surface area (TPSA) is 35.2 Å². The molecule has 0 aliphatic carbocycles. The molecule has 0 spiro atoms. The van der Waals surface area contributed by atoms with Gasteiger partial charge in [-0.1, -0.05) is 6.07 Å². The summed E-state index contributed by atoms with van der Waals surface area (Å²) in [6.45, 7) is 1.42. The minimum absolute atomic E-state index is 0.694. The predicted molar refractivity (Wildman–Crippen MR) is 64.7 cm³/mol. The van der Waals surface area contributed by atoms with E-state index in [0.717, 1.165) is 18.8 Å². The lowest BCUT2D eigenvalue weighted by Gasteiger charge is -2.16. The van der Waals surface area contributed by atoms with Crippen LogP contribution >= 0.6 is 11.8 Å². The van der Waals surface area contributed by atoms with E-state index < -0.39 is 0 Å². The summed E-state index contributed by atoms with van der Waals surface area (Å²) in [6.07, 6.45) is 3.43. The number of rotatable bonds is 4. The zero-order valence-corrected chi connectivity index (χ0v) is 9.69. The fourth-order valence-corrected chi connectivity index (χ4v) is 2.75. The van der Waals surface area contributed by atoms with E-state index in [-0.39, 0.29) is 0 Å². The molecule has 1 aromatic carbocycles. The van der Waals surface area contributed by atoms with Crippen molar-refractivity contribution in [3.8, 4) is 5.75 Å². The molecule has 15 heavy (non-hydrogen) atoms. The Labute approximate surface area is 95.2 Å². The van der Waals surface area contributed by atoms with E-state index in [9.17, 15) is 0 Å². The van der Waals surface area contributed by atoms with E-state index in [1.807, 2.05) is 11.8 Å². The molecule has 0 unspecified atom stereocenters. The van der Waals surface area contributed by atoms with Gasteiger partial charge in [-0.2, -0.15) is 0 Å². The van der Waals surface area contributed by atoms with Gasteiger partial charge in [0.2, 0.25) is 0 Å². The van der Waals surface area contributed by atoms with Crippen molar-refractivity contribution in [2.24, 2.45) is 5.73 Å². The Morgan fingerprint density at radius 3 is 3.20 bits per heavy atom. The molecule has 0 atom stereocenters. The van der Waals surface area contributed by atoms with Crippen LogP contribution in [0.3, 0.4) is 0 Å². The Bertz CT molecular complexity index is 327. The van der Waals surface area contributed by atoms with Gasteiger partial charge in [0.25, 0.3) is 0 Å². The van der Waals surface area contributed by atoms with Crippen molar-refractivity contribution >= 4 is 11.8 Å². The Hall–Kier alpha value is -0.670. The molecule has 0 bridgehead atoms. The summed E-state index contributed by atoms with van der Waals surface area (Å²) in [4.78, 5) is 1.39. The van der Waals surface area contributed by atoms with Crippen molar-refractivity contribution in [2.75, 3.05) is 18.9 Å². The first kappa shape index (κ1) is 10.8. The Morgan fingerprint density at radius 1 is 1.40 bits per heavy atom. The molecule has 0 saturated carbocycles. The lowest BCUT2D eigenvalue weighted by Crippen LogP contribution is -2.06. The second-order valence-corrected chi connectivity index (χ2v) is 4.85. The summed E-state index contributed by atoms with van der Waals surface area (Å²) in [5.74, 6) is 2.22. The van der Waals surface area contributed by atoms with Crippen molar-refractivity contribution in [2.45, 2.75) is 24.2 Å². The lowest BCUT2D eigenvalue weighted by molar-refractivity contribution is 0.312. The molecule has 1 aliphatic heterocycles. The smallest absolute Gasteiger partial charge is 0.120 e. The second kappa shape index (κ2) is 5.42. The maximum absolute atomic E-state index is 5.62. The van der Waals surface area contributed by atoms with Crippen LogP contribution < -0.4 is 10.5 Å². The third-order valence-electron chi connectivity index (χ3n) is 2.50. The molecule has 0 saturated heterocycles. The first-order valence-electron chi connectivity index (χ1n) is 5.49. The monoisotopic (exact) mass is 223 g/mol. The fourth-order valence-electron chi connectivity index (χ4n) is 1.68. The lowest BCUT2D eigenvalue weighted by atomic mass is 10.1. The Kier molecular flexibility index (Phi) is 3.92. The molecular formula is C12H17NOS. The summed E-state index contributed by atoms with van der Waals surface area (Å²) in [5.41, 5.74) is 6.89. The van der Waals surface area contributed by atoms with Crippen molar-refractivity contribution < 1.29 is 4.74 Å². The van der Waals surface area contributed by atoms with Crippen molar-refractivity contribution in [1.82, 2.24) is 0 Å². The van der Waals surface area contributed by atoms with Crippen LogP contribution in [0.15, 0.2) is 23.1 Å². The molecule has 0 amide bonds. The van der Waals surface area contributed by atoms with E-state index in [4.69, 9.17) is 10.5 Å². The van der Waals surface area contributed by atoms with Gasteiger partial charge in [-0.05, 0) is 49.3 Å². The standard InChI is InChI=1S/C12H17NOS/c13-6-2-7-14-11-5-4-10-3-1-8-15-12(10)9-11/h4-5,9H,1-3,6-8,13H2. The minimum Gasteiger partial charge on any atom is -0.494 e. The van der Waals surface area contributed by atoms with Gasteiger partial charge in [-0.3, -0.25) is 0 Å². The quantitative estimate of drug-likeness (QED) is 0.796. The Balaban J connectivity index is 2.00. The number of fused-ring (bicyclic) bond motifs is 1. The minimum atomic E-state index is 0.694. The first-order chi connectivity index (χ1) is 7.40. The van der Waals surface area contributed by atoms with Crippen molar-refractivity contribution in [1.29, 1.82) is 0 Å². The molecule has 1 heterocycles. The number of benzene rings is 1. The average Bonchev–Trinajstić information content (AvgIpc) is 2.29. The highest BCUT2D eigenvalue weighted by atomic mass is 32.2. The molecule has 0 aromatic heterocycles. The molecular weight excluding hydrogens is 206 g/mol. The predicted octanol–water partition coefficient (Wildman–Crippen LogP) is 2.45. The van der Waals surface area contributed by atoms with Crippen LogP contribution in [-0.2, 0) is 6.42 Å². The van der Waals surface area contributed by atoms with E-state index in [2.05, 4.69) is 18.2 Å². The highest BCUT2D eigenvalue weighted by Gasteiger charge is 2.10. The maximum atomic E-state index is 5.62. The summed E-state index contributed by atoms with van der Waals surface area (Å²) >= 11 is 1.94. The summed E-state index contributed by atoms with van der Waals surface area (Å²) < 4.78 is 5.62. The summed E-state index contributed by atoms with van der Waals surface area (Å²) in [5, 5.41) is 0. The van der Waals surface area contributed by atoms with Gasteiger partial charge in [0.15, 0.2) is 0 Å². The molecule has 2 rings (SSSR count). The van der Waals surface area contributed by atoms with E-state index in [0.29, 0.717) is 6.54 Å². The highest BCUT2D eigenvalue weighted by molar-refractivity contribution is 7.99. The van der Waals surface area contributed by atoms with Crippen molar-refractivity contribution in [3.63, 3.8) is 0 Å². The van der Waals surface area contributed by atoms with Gasteiger partial charge < -0.3 is 10.5 Å². The van der Waals surface area contributed by atoms with Gasteiger partial charge in [0, 0.05) is 4.90 Å². The molecule has 2 N–H and O–H groups in total. The van der Waals surface area contributed by atoms with Crippen LogP contribution in [0.2, 0.25) is 0 Å². The molecule has 1 aromatic rings. The van der Waals surface area contributed by atoms with Crippen LogP contribution in [0.4, 0.5) is 0 Å². The number of nitrogens with two attached hydrogens (primary N) is 1. The third-order valence-corrected chi connectivity index (χ3v) is 3.69. The molecule has 2 nitrogen and oxygen atoms in total. The SMILES string of the molecule is NCCCOc1ccc2c(c1)SCCC2. The number of aryl methyl sites for hydroxylation is 1. The molecule has 1 aliphatic rings. The van der Waals surface area contributed by atoms with Crippen molar-refractivity contribution in [3.05, 3.63) is 23.8 Å². The number of hydrogen-bond acceptors (Lipinski definition) is 3. The zero-order chi connectivity index (χ0) is 10.5. The van der Waals surface area contributed by atoms with Gasteiger partial charge >= 0.3 is 0 Å². The first-order valence-corrected chi connectivity index (χ1v) is 6.47. The normalized spacial score (nSPS) is 14.7. The summed E-state index contributed by atoms with van der Waals surface area (Å²) in [6, 6.07) is 6.43. The average molecular weight is 223 g/mol. The fraction of sp³-hybridized carbons (Fsp3) is 0.500. The number of thioether (sulfide) groups is 1. The Morgan fingerprint density at radius 2 is 2.33 bits per heavy atom. The summed E-state index contributed by atoms with van der Waals surface area (Å²) in [7, 11) is 0. The number of hydrogen-bond donors (Lipinski definition) is 1. The van der Waals surface area contributed by atoms with Gasteiger partial charge in [-0.25, -0.2) is 0 Å². The zero-order valence-electron chi connectivity index (χ0n) is 8.87. The molecule has 0 fully saturated rings. The van der Waals surface area contributed by atoms with Gasteiger partial charge in [-0.15, -0.1) is 11.8 Å². The maximum Gasteiger partial charge on any atom is 0.120 e. The largest absolute Gasteiger partial charge is 0.494 e. The van der Waals surface area contributed by atoms with Crippen LogP contribution in [0.5, 0.6) is 5.75 Å². The van der Waals surface area contributed by atoms with E-state index >= 15 is 0 Å². The van der Waals surface area contributed by atoms with Gasteiger partial charge in [0.05, 0.1) is 6.61 Å². The van der Waals surface area contributed by atoms with Crippen LogP contribution in [0.25, 0.3) is 0 Å². The van der Waals surface area contributed by atoms with Crippen LogP contribution in [-0.4, -0.2) is 18.9 Å². The molecule has 3 heteroatoms. The van der Waals surface area contributed by atoms with E-state index in [1.165, 1.54) is 29.1 Å². The van der Waals surface area contributed by atoms with Crippen LogP contribution in [0, 0.1) is 0 Å². The van der Waals surface area contributed by atoms with E-state index in [1.54, 1.807) is 0 Å². The molecule has 82 valence electrons. The second-order valence-electron chi connectivity index (χ2n) is 3.71. The highest BCUT2D eigenvalue weighted by Crippen LogP contribution is 2.32.